The number of morpholine rings is 1. The summed E-state index contributed by atoms with van der Waals surface area (Å²) in [5, 5.41) is 3.56. The van der Waals surface area contributed by atoms with Gasteiger partial charge in [0.25, 0.3) is 5.91 Å². The molecule has 1 amide bonds. The number of benzene rings is 2. The number of hydrogen-bond donors (Lipinski definition) is 0. The lowest BCUT2D eigenvalue weighted by molar-refractivity contribution is 0.0376. The molecule has 1 fully saturated rings. The van der Waals surface area contributed by atoms with Crippen LogP contribution in [0.2, 0.25) is 0 Å². The van der Waals surface area contributed by atoms with Crippen molar-refractivity contribution in [1.82, 2.24) is 14.9 Å². The third kappa shape index (κ3) is 5.99. The second kappa shape index (κ2) is 13.1. The fraction of sp³-hybridized carbons (Fsp3) is 0.300. The summed E-state index contributed by atoms with van der Waals surface area (Å²) in [4.78, 5) is 29.6. The highest BCUT2D eigenvalue weighted by atomic mass is 35.5. The first-order valence-corrected chi connectivity index (χ1v) is 15.0. The number of anilines is 1. The number of rotatable bonds is 9. The highest BCUT2D eigenvalue weighted by Crippen LogP contribution is 2.36. The van der Waals surface area contributed by atoms with Crippen molar-refractivity contribution in [3.8, 4) is 16.3 Å². The number of carbonyl (C=O) groups is 1. The van der Waals surface area contributed by atoms with E-state index in [0.717, 1.165) is 76.7 Å². The fourth-order valence-corrected chi connectivity index (χ4v) is 6.60. The fourth-order valence-electron chi connectivity index (χ4n) is 4.91. The van der Waals surface area contributed by atoms with Crippen molar-refractivity contribution < 1.29 is 14.3 Å². The number of para-hydroxylation sites is 2. The molecule has 1 aliphatic heterocycles. The van der Waals surface area contributed by atoms with Gasteiger partial charge >= 0.3 is 0 Å². The minimum absolute atomic E-state index is 0. The van der Waals surface area contributed by atoms with E-state index in [2.05, 4.69) is 4.90 Å². The van der Waals surface area contributed by atoms with Gasteiger partial charge < -0.3 is 9.47 Å². The molecular formula is C30H31ClN4O3S2. The Hall–Kier alpha value is -3.08. The Balaban J connectivity index is 0.00000323. The first-order valence-electron chi connectivity index (χ1n) is 13.3. The molecule has 1 aliphatic rings. The Morgan fingerprint density at radius 1 is 1.07 bits per heavy atom. The maximum atomic E-state index is 14.5. The summed E-state index contributed by atoms with van der Waals surface area (Å²) in [6, 6.07) is 19.8. The summed E-state index contributed by atoms with van der Waals surface area (Å²) >= 11 is 3.15. The van der Waals surface area contributed by atoms with Gasteiger partial charge in [-0.3, -0.25) is 14.6 Å². The zero-order valence-corrected chi connectivity index (χ0v) is 24.7. The predicted octanol–water partition coefficient (Wildman–Crippen LogP) is 6.76. The van der Waals surface area contributed by atoms with Crippen LogP contribution in [0.3, 0.4) is 0 Å². The van der Waals surface area contributed by atoms with Gasteiger partial charge in [0.15, 0.2) is 5.13 Å². The minimum Gasteiger partial charge on any atom is -0.492 e. The molecule has 0 bridgehead atoms. The number of thiophene rings is 1. The van der Waals surface area contributed by atoms with E-state index in [-0.39, 0.29) is 18.3 Å². The SMILES string of the molecule is CCOc1cccc2sc(N(CCCN3CCOCC3)C(=O)c3cc(-c4cccs4)nc4ccccc34)nc12.Cl. The quantitative estimate of drug-likeness (QED) is 0.188. The van der Waals surface area contributed by atoms with Crippen LogP contribution >= 0.6 is 35.1 Å². The van der Waals surface area contributed by atoms with Gasteiger partial charge in [-0.2, -0.15) is 0 Å². The molecule has 2 aromatic carbocycles. The second-order valence-electron chi connectivity index (χ2n) is 9.35. The number of halogens is 1. The van der Waals surface area contributed by atoms with Crippen molar-refractivity contribution in [3.63, 3.8) is 0 Å². The molecule has 40 heavy (non-hydrogen) atoms. The van der Waals surface area contributed by atoms with Crippen molar-refractivity contribution in [3.05, 3.63) is 71.6 Å². The maximum absolute atomic E-state index is 14.5. The summed E-state index contributed by atoms with van der Waals surface area (Å²) in [6.45, 7) is 7.35. The van der Waals surface area contributed by atoms with Gasteiger partial charge in [0.2, 0.25) is 0 Å². The number of thiazole rings is 1. The Bertz CT molecular complexity index is 1590. The van der Waals surface area contributed by atoms with E-state index in [1.165, 1.54) is 11.3 Å². The largest absolute Gasteiger partial charge is 0.492 e. The van der Waals surface area contributed by atoms with Crippen LogP contribution in [0.4, 0.5) is 5.13 Å². The van der Waals surface area contributed by atoms with E-state index >= 15 is 0 Å². The van der Waals surface area contributed by atoms with Gasteiger partial charge in [0, 0.05) is 31.6 Å². The summed E-state index contributed by atoms with van der Waals surface area (Å²) in [5.41, 5.74) is 3.05. The number of carbonyl (C=O) groups excluding carboxylic acids is 1. The minimum atomic E-state index is -0.0644. The van der Waals surface area contributed by atoms with Crippen LogP contribution in [0.1, 0.15) is 23.7 Å². The highest BCUT2D eigenvalue weighted by Gasteiger charge is 2.25. The molecule has 0 N–H and O–H groups in total. The number of ether oxygens (including phenoxy) is 2. The lowest BCUT2D eigenvalue weighted by atomic mass is 10.1. The number of amides is 1. The number of aromatic nitrogens is 2. The van der Waals surface area contributed by atoms with E-state index < -0.39 is 0 Å². The van der Waals surface area contributed by atoms with Crippen molar-refractivity contribution in [2.45, 2.75) is 13.3 Å². The first kappa shape index (κ1) is 28.4. The van der Waals surface area contributed by atoms with Crippen molar-refractivity contribution in [2.75, 3.05) is 50.9 Å². The van der Waals surface area contributed by atoms with Gasteiger partial charge in [-0.1, -0.05) is 41.7 Å². The van der Waals surface area contributed by atoms with Gasteiger partial charge in [-0.05, 0) is 49.1 Å². The lowest BCUT2D eigenvalue weighted by Crippen LogP contribution is -2.39. The molecule has 4 heterocycles. The molecule has 1 saturated heterocycles. The van der Waals surface area contributed by atoms with Gasteiger partial charge in [-0.25, -0.2) is 9.97 Å². The number of pyridine rings is 1. The van der Waals surface area contributed by atoms with Crippen molar-refractivity contribution in [2.24, 2.45) is 0 Å². The third-order valence-electron chi connectivity index (χ3n) is 6.83. The Labute approximate surface area is 247 Å². The molecule has 0 aliphatic carbocycles. The van der Waals surface area contributed by atoms with Crippen molar-refractivity contribution in [1.29, 1.82) is 0 Å². The molecular weight excluding hydrogens is 564 g/mol. The summed E-state index contributed by atoms with van der Waals surface area (Å²) in [6.07, 6.45) is 0.834. The number of nitrogens with zero attached hydrogens (tertiary/aromatic N) is 4. The lowest BCUT2D eigenvalue weighted by Gasteiger charge is -2.28. The maximum Gasteiger partial charge on any atom is 0.260 e. The Kier molecular flexibility index (Phi) is 9.29. The number of hydrogen-bond acceptors (Lipinski definition) is 8. The van der Waals surface area contributed by atoms with Crippen LogP contribution in [0.15, 0.2) is 66.0 Å². The molecule has 0 spiro atoms. The van der Waals surface area contributed by atoms with E-state index in [1.807, 2.05) is 77.9 Å². The summed E-state index contributed by atoms with van der Waals surface area (Å²) < 4.78 is 12.4. The topological polar surface area (TPSA) is 67.8 Å². The Morgan fingerprint density at radius 3 is 2.73 bits per heavy atom. The zero-order valence-electron chi connectivity index (χ0n) is 22.2. The van der Waals surface area contributed by atoms with Gasteiger partial charge in [0.1, 0.15) is 11.3 Å². The highest BCUT2D eigenvalue weighted by molar-refractivity contribution is 7.22. The number of fused-ring (bicyclic) bond motifs is 2. The normalized spacial score (nSPS) is 13.8. The first-order chi connectivity index (χ1) is 19.2. The van der Waals surface area contributed by atoms with Gasteiger partial charge in [-0.15, -0.1) is 23.7 Å². The summed E-state index contributed by atoms with van der Waals surface area (Å²) in [5.74, 6) is 0.679. The van der Waals surface area contributed by atoms with Crippen molar-refractivity contribution >= 4 is 67.2 Å². The molecule has 208 valence electrons. The predicted molar refractivity (Wildman–Crippen MR) is 167 cm³/mol. The van der Waals surface area contributed by atoms with Gasteiger partial charge in [0.05, 0.1) is 46.2 Å². The zero-order chi connectivity index (χ0) is 26.6. The molecule has 0 unspecified atom stereocenters. The monoisotopic (exact) mass is 594 g/mol. The van der Waals surface area contributed by atoms with E-state index in [4.69, 9.17) is 19.4 Å². The van der Waals surface area contributed by atoms with E-state index in [9.17, 15) is 4.79 Å². The summed E-state index contributed by atoms with van der Waals surface area (Å²) in [7, 11) is 0. The smallest absolute Gasteiger partial charge is 0.260 e. The Morgan fingerprint density at radius 2 is 1.93 bits per heavy atom. The van der Waals surface area contributed by atoms with Crippen LogP contribution in [0.5, 0.6) is 5.75 Å². The molecule has 0 saturated carbocycles. The molecule has 10 heteroatoms. The molecule has 5 aromatic rings. The molecule has 6 rings (SSSR count). The van der Waals surface area contributed by atoms with E-state index in [0.29, 0.717) is 23.8 Å². The second-order valence-corrected chi connectivity index (χ2v) is 11.3. The third-order valence-corrected chi connectivity index (χ3v) is 8.76. The standard InChI is InChI=1S/C30H30N4O3S2.ClH/c1-2-37-25-10-5-11-27-28(25)32-30(39-27)34(14-7-13-33-15-17-36-18-16-33)29(35)22-20-24(26-12-6-19-38-26)31-23-9-4-3-8-21(22)23;/h3-6,8-12,19-20H,2,7,13-18H2,1H3;1H. The average molecular weight is 595 g/mol. The molecule has 0 radical (unpaired) electrons. The molecule has 7 nitrogen and oxygen atoms in total. The van der Waals surface area contributed by atoms with Crippen LogP contribution in [-0.2, 0) is 4.74 Å². The van der Waals surface area contributed by atoms with Crippen LogP contribution < -0.4 is 9.64 Å². The van der Waals surface area contributed by atoms with Crippen LogP contribution in [-0.4, -0.2) is 66.8 Å². The van der Waals surface area contributed by atoms with Crippen LogP contribution in [0, 0.1) is 0 Å². The van der Waals surface area contributed by atoms with Crippen LogP contribution in [0.25, 0.3) is 31.7 Å². The molecule has 0 atom stereocenters. The van der Waals surface area contributed by atoms with E-state index in [1.54, 1.807) is 11.3 Å². The molecule has 3 aromatic heterocycles. The average Bonchev–Trinajstić information content (AvgIpc) is 3.66.